The molecule has 134 valence electrons. The van der Waals surface area contributed by atoms with Crippen LogP contribution in [0.2, 0.25) is 0 Å². The summed E-state index contributed by atoms with van der Waals surface area (Å²) < 4.78 is 5.14. The van der Waals surface area contributed by atoms with Gasteiger partial charge in [0.2, 0.25) is 0 Å². The number of ether oxygens (including phenoxy) is 1. The van der Waals surface area contributed by atoms with E-state index in [1.54, 1.807) is 43.5 Å². The molecule has 0 saturated carbocycles. The molecule has 0 aliphatic carbocycles. The van der Waals surface area contributed by atoms with Gasteiger partial charge in [0.05, 0.1) is 23.9 Å². The molecule has 2 N–H and O–H groups in total. The molecule has 3 rings (SSSR count). The van der Waals surface area contributed by atoms with Crippen molar-refractivity contribution in [1.29, 1.82) is 5.26 Å². The molecule has 0 radical (unpaired) electrons. The molecular formula is C21H18N4O2. The Hall–Kier alpha value is -3.85. The molecule has 0 spiro atoms. The van der Waals surface area contributed by atoms with E-state index in [1.165, 1.54) is 6.20 Å². The van der Waals surface area contributed by atoms with Gasteiger partial charge in [-0.25, -0.2) is 4.98 Å². The number of rotatable bonds is 6. The van der Waals surface area contributed by atoms with Crippen LogP contribution in [0.5, 0.6) is 5.75 Å². The Balaban J connectivity index is 1.60. The number of aromatic nitrogens is 1. The number of nitrogens with zero attached hydrogens (tertiary/aromatic N) is 2. The van der Waals surface area contributed by atoms with Crippen molar-refractivity contribution in [3.8, 4) is 11.8 Å². The van der Waals surface area contributed by atoms with E-state index in [-0.39, 0.29) is 5.91 Å². The predicted molar refractivity (Wildman–Crippen MR) is 104 cm³/mol. The van der Waals surface area contributed by atoms with E-state index < -0.39 is 0 Å². The highest BCUT2D eigenvalue weighted by Gasteiger charge is 2.09. The number of para-hydroxylation sites is 1. The number of hydrogen-bond acceptors (Lipinski definition) is 5. The Kier molecular flexibility index (Phi) is 5.65. The van der Waals surface area contributed by atoms with E-state index in [0.717, 1.165) is 11.3 Å². The van der Waals surface area contributed by atoms with Crippen molar-refractivity contribution >= 4 is 17.4 Å². The number of methoxy groups -OCH3 is 1. The molecule has 3 aromatic rings. The third kappa shape index (κ3) is 4.61. The number of anilines is 2. The van der Waals surface area contributed by atoms with Gasteiger partial charge in [0.15, 0.2) is 0 Å². The zero-order chi connectivity index (χ0) is 19.1. The summed E-state index contributed by atoms with van der Waals surface area (Å²) in [6.45, 7) is 0.609. The lowest BCUT2D eigenvalue weighted by Gasteiger charge is -2.09. The number of amides is 1. The molecule has 0 fully saturated rings. The molecule has 0 saturated heterocycles. The topological polar surface area (TPSA) is 87.0 Å². The Morgan fingerprint density at radius 1 is 1.11 bits per heavy atom. The quantitative estimate of drug-likeness (QED) is 0.699. The first-order chi connectivity index (χ1) is 13.2. The van der Waals surface area contributed by atoms with Gasteiger partial charge in [0.25, 0.3) is 5.91 Å². The zero-order valence-corrected chi connectivity index (χ0v) is 14.8. The second-order valence-electron chi connectivity index (χ2n) is 5.75. The second-order valence-corrected chi connectivity index (χ2v) is 5.75. The van der Waals surface area contributed by atoms with Gasteiger partial charge < -0.3 is 15.4 Å². The fourth-order valence-electron chi connectivity index (χ4n) is 2.45. The van der Waals surface area contributed by atoms with Crippen LogP contribution in [0.15, 0.2) is 66.9 Å². The van der Waals surface area contributed by atoms with Crippen molar-refractivity contribution in [2.75, 3.05) is 17.7 Å². The maximum absolute atomic E-state index is 12.3. The van der Waals surface area contributed by atoms with Crippen molar-refractivity contribution < 1.29 is 9.53 Å². The fraction of sp³-hybridized carbons (Fsp3) is 0.0952. The van der Waals surface area contributed by atoms with E-state index in [9.17, 15) is 4.79 Å². The highest BCUT2D eigenvalue weighted by molar-refractivity contribution is 6.04. The minimum atomic E-state index is -0.313. The average Bonchev–Trinajstić information content (AvgIpc) is 2.73. The molecule has 0 aliphatic rings. The molecule has 6 nitrogen and oxygen atoms in total. The van der Waals surface area contributed by atoms with Crippen molar-refractivity contribution in [2.45, 2.75) is 6.54 Å². The van der Waals surface area contributed by atoms with Crippen LogP contribution in [0.4, 0.5) is 11.5 Å². The Labute approximate surface area is 157 Å². The van der Waals surface area contributed by atoms with Crippen LogP contribution in [0, 0.1) is 11.3 Å². The summed E-state index contributed by atoms with van der Waals surface area (Å²) in [7, 11) is 1.63. The minimum Gasteiger partial charge on any atom is -0.497 e. The third-order valence-corrected chi connectivity index (χ3v) is 3.95. The van der Waals surface area contributed by atoms with Gasteiger partial charge >= 0.3 is 0 Å². The number of nitrogens with one attached hydrogen (secondary N) is 2. The van der Waals surface area contributed by atoms with Gasteiger partial charge in [-0.05, 0) is 42.0 Å². The monoisotopic (exact) mass is 358 g/mol. The van der Waals surface area contributed by atoms with Gasteiger partial charge in [0.1, 0.15) is 17.6 Å². The lowest BCUT2D eigenvalue weighted by molar-refractivity contribution is 0.102. The maximum atomic E-state index is 12.3. The molecule has 0 unspecified atom stereocenters. The highest BCUT2D eigenvalue weighted by Crippen LogP contribution is 2.16. The molecular weight excluding hydrogens is 340 g/mol. The van der Waals surface area contributed by atoms with E-state index in [1.807, 2.05) is 24.3 Å². The Bertz CT molecular complexity index is 961. The molecule has 6 heteroatoms. The smallest absolute Gasteiger partial charge is 0.257 e. The molecule has 27 heavy (non-hydrogen) atoms. The maximum Gasteiger partial charge on any atom is 0.257 e. The van der Waals surface area contributed by atoms with Crippen molar-refractivity contribution in [1.82, 2.24) is 4.98 Å². The first-order valence-electron chi connectivity index (χ1n) is 8.33. The van der Waals surface area contributed by atoms with Gasteiger partial charge in [-0.15, -0.1) is 0 Å². The normalized spacial score (nSPS) is 9.93. The van der Waals surface area contributed by atoms with Crippen LogP contribution < -0.4 is 15.4 Å². The summed E-state index contributed by atoms with van der Waals surface area (Å²) in [6, 6.07) is 20.1. The lowest BCUT2D eigenvalue weighted by atomic mass is 10.2. The summed E-state index contributed by atoms with van der Waals surface area (Å²) >= 11 is 0. The largest absolute Gasteiger partial charge is 0.497 e. The summed E-state index contributed by atoms with van der Waals surface area (Å²) in [5, 5.41) is 15.0. The van der Waals surface area contributed by atoms with E-state index in [2.05, 4.69) is 21.7 Å². The van der Waals surface area contributed by atoms with Gasteiger partial charge in [-0.3, -0.25) is 4.79 Å². The highest BCUT2D eigenvalue weighted by atomic mass is 16.5. The molecule has 1 aromatic heterocycles. The Morgan fingerprint density at radius 2 is 1.89 bits per heavy atom. The summed E-state index contributed by atoms with van der Waals surface area (Å²) in [4.78, 5) is 16.6. The van der Waals surface area contributed by atoms with Crippen molar-refractivity contribution in [3.05, 3.63) is 83.6 Å². The summed E-state index contributed by atoms with van der Waals surface area (Å²) in [6.07, 6.45) is 1.50. The third-order valence-electron chi connectivity index (χ3n) is 3.95. The van der Waals surface area contributed by atoms with Crippen LogP contribution >= 0.6 is 0 Å². The standard InChI is InChI=1S/C21H18N4O2/c1-27-18-9-6-15(7-10-18)13-23-20-11-8-17(14-24-20)21(26)25-19-5-3-2-4-16(19)12-22/h2-11,14H,13H2,1H3,(H,23,24)(H,25,26). The van der Waals surface area contributed by atoms with E-state index >= 15 is 0 Å². The van der Waals surface area contributed by atoms with Crippen LogP contribution in [-0.2, 0) is 6.54 Å². The number of carbonyl (C=O) groups excluding carboxylic acids is 1. The number of carbonyl (C=O) groups is 1. The molecule has 2 aromatic carbocycles. The SMILES string of the molecule is COc1ccc(CNc2ccc(C(=O)Nc3ccccc3C#N)cn2)cc1. The average molecular weight is 358 g/mol. The Morgan fingerprint density at radius 3 is 2.56 bits per heavy atom. The zero-order valence-electron chi connectivity index (χ0n) is 14.8. The summed E-state index contributed by atoms with van der Waals surface area (Å²) in [5.41, 5.74) is 2.40. The molecule has 1 heterocycles. The van der Waals surface area contributed by atoms with E-state index in [0.29, 0.717) is 29.2 Å². The van der Waals surface area contributed by atoms with Gasteiger partial charge in [-0.1, -0.05) is 24.3 Å². The van der Waals surface area contributed by atoms with Crippen LogP contribution in [0.3, 0.4) is 0 Å². The minimum absolute atomic E-state index is 0.313. The summed E-state index contributed by atoms with van der Waals surface area (Å²) in [5.74, 6) is 1.16. The van der Waals surface area contributed by atoms with Gasteiger partial charge in [-0.2, -0.15) is 5.26 Å². The van der Waals surface area contributed by atoms with Crippen LogP contribution in [0.25, 0.3) is 0 Å². The van der Waals surface area contributed by atoms with Crippen LogP contribution in [-0.4, -0.2) is 18.0 Å². The number of nitriles is 1. The molecule has 1 amide bonds. The predicted octanol–water partition coefficient (Wildman–Crippen LogP) is 3.83. The molecule has 0 bridgehead atoms. The van der Waals surface area contributed by atoms with E-state index in [4.69, 9.17) is 10.00 Å². The number of pyridine rings is 1. The van der Waals surface area contributed by atoms with Crippen molar-refractivity contribution in [2.24, 2.45) is 0 Å². The fourth-order valence-corrected chi connectivity index (χ4v) is 2.45. The second kappa shape index (κ2) is 8.50. The first kappa shape index (κ1) is 18.0. The molecule has 0 atom stereocenters. The van der Waals surface area contributed by atoms with Crippen LogP contribution in [0.1, 0.15) is 21.5 Å². The first-order valence-corrected chi connectivity index (χ1v) is 8.33. The number of hydrogen-bond donors (Lipinski definition) is 2. The van der Waals surface area contributed by atoms with Crippen molar-refractivity contribution in [3.63, 3.8) is 0 Å². The lowest BCUT2D eigenvalue weighted by Crippen LogP contribution is -2.13. The van der Waals surface area contributed by atoms with Gasteiger partial charge in [0, 0.05) is 12.7 Å². The number of benzene rings is 2. The molecule has 0 aliphatic heterocycles.